The van der Waals surface area contributed by atoms with Crippen LogP contribution >= 0.6 is 15.9 Å². The Hall–Kier alpha value is -1.23. The maximum absolute atomic E-state index is 10.3. The molecule has 0 radical (unpaired) electrons. The highest BCUT2D eigenvalue weighted by atomic mass is 79.9. The van der Waals surface area contributed by atoms with E-state index in [1.54, 1.807) is 6.07 Å². The molecule has 1 N–H and O–H groups in total. The number of aliphatic carboxylic acids is 1. The molecule has 0 fully saturated rings. The highest BCUT2D eigenvalue weighted by Gasteiger charge is 2.04. The third kappa shape index (κ3) is 5.08. The van der Waals surface area contributed by atoms with Gasteiger partial charge in [0.15, 0.2) is 0 Å². The van der Waals surface area contributed by atoms with Crippen molar-refractivity contribution in [2.24, 2.45) is 0 Å². The van der Waals surface area contributed by atoms with Crippen LogP contribution in [0.25, 0.3) is 0 Å². The van der Waals surface area contributed by atoms with Gasteiger partial charge in [0, 0.05) is 6.42 Å². The van der Waals surface area contributed by atoms with Gasteiger partial charge in [-0.3, -0.25) is 4.79 Å². The van der Waals surface area contributed by atoms with Crippen LogP contribution in [0.3, 0.4) is 0 Å². The average molecular weight is 303 g/mol. The number of ether oxygens (including phenoxy) is 2. The molecule has 17 heavy (non-hydrogen) atoms. The predicted molar refractivity (Wildman–Crippen MR) is 67.7 cm³/mol. The molecule has 5 heteroatoms. The van der Waals surface area contributed by atoms with Gasteiger partial charge in [-0.1, -0.05) is 0 Å². The van der Waals surface area contributed by atoms with E-state index in [0.717, 1.165) is 10.2 Å². The second-order valence-electron chi connectivity index (χ2n) is 3.37. The Morgan fingerprint density at radius 2 is 2.18 bits per heavy atom. The zero-order chi connectivity index (χ0) is 12.7. The van der Waals surface area contributed by atoms with Gasteiger partial charge in [-0.25, -0.2) is 0 Å². The molecule has 94 valence electrons. The molecule has 0 heterocycles. The van der Waals surface area contributed by atoms with Crippen molar-refractivity contribution in [3.05, 3.63) is 22.7 Å². The summed E-state index contributed by atoms with van der Waals surface area (Å²) in [6.07, 6.45) is 0.615. The lowest BCUT2D eigenvalue weighted by Crippen LogP contribution is -2.02. The van der Waals surface area contributed by atoms with Crippen LogP contribution < -0.4 is 9.47 Å². The highest BCUT2D eigenvalue weighted by molar-refractivity contribution is 9.10. The molecule has 0 aliphatic rings. The molecule has 0 unspecified atom stereocenters. The normalized spacial score (nSPS) is 10.0. The van der Waals surface area contributed by atoms with E-state index in [9.17, 15) is 4.79 Å². The minimum absolute atomic E-state index is 0.120. The summed E-state index contributed by atoms with van der Waals surface area (Å²) in [4.78, 5) is 10.3. The van der Waals surface area contributed by atoms with Gasteiger partial charge in [-0.05, 0) is 47.5 Å². The Labute approximate surface area is 109 Å². The number of carboxylic acid groups (broad SMARTS) is 1. The summed E-state index contributed by atoms with van der Waals surface area (Å²) < 4.78 is 11.6. The molecular weight excluding hydrogens is 288 g/mol. The van der Waals surface area contributed by atoms with Gasteiger partial charge in [0.2, 0.25) is 0 Å². The molecular formula is C12H15BrO4. The molecule has 1 rings (SSSR count). The van der Waals surface area contributed by atoms with Crippen molar-refractivity contribution >= 4 is 21.9 Å². The second-order valence-corrected chi connectivity index (χ2v) is 4.23. The van der Waals surface area contributed by atoms with E-state index in [1.807, 2.05) is 19.1 Å². The minimum Gasteiger partial charge on any atom is -0.494 e. The molecule has 0 aliphatic carbocycles. The number of hydrogen-bond acceptors (Lipinski definition) is 3. The van der Waals surface area contributed by atoms with Crippen molar-refractivity contribution in [1.82, 2.24) is 0 Å². The molecule has 0 saturated heterocycles. The van der Waals surface area contributed by atoms with Crippen LogP contribution in [0.1, 0.15) is 19.8 Å². The quantitative estimate of drug-likeness (QED) is 0.786. The zero-order valence-corrected chi connectivity index (χ0v) is 11.2. The van der Waals surface area contributed by atoms with Crippen LogP contribution in [0.15, 0.2) is 22.7 Å². The summed E-state index contributed by atoms with van der Waals surface area (Å²) in [6, 6.07) is 5.45. The molecule has 0 bridgehead atoms. The average Bonchev–Trinajstić information content (AvgIpc) is 2.27. The number of carbonyl (C=O) groups is 1. The van der Waals surface area contributed by atoms with Crippen molar-refractivity contribution < 1.29 is 19.4 Å². The smallest absolute Gasteiger partial charge is 0.303 e. The third-order valence-corrected chi connectivity index (χ3v) is 2.63. The van der Waals surface area contributed by atoms with Gasteiger partial charge in [-0.15, -0.1) is 0 Å². The third-order valence-electron chi connectivity index (χ3n) is 2.01. The van der Waals surface area contributed by atoms with Crippen molar-refractivity contribution in [3.8, 4) is 11.5 Å². The molecule has 1 aromatic carbocycles. The summed E-state index contributed by atoms with van der Waals surface area (Å²) in [5.74, 6) is 0.662. The van der Waals surface area contributed by atoms with Gasteiger partial charge < -0.3 is 14.6 Å². The van der Waals surface area contributed by atoms with E-state index < -0.39 is 5.97 Å². The van der Waals surface area contributed by atoms with Crippen LogP contribution in [0, 0.1) is 0 Å². The van der Waals surface area contributed by atoms with E-state index in [-0.39, 0.29) is 6.42 Å². The first kappa shape index (κ1) is 13.8. The minimum atomic E-state index is -0.806. The summed E-state index contributed by atoms with van der Waals surface area (Å²) in [7, 11) is 0. The molecule has 1 aromatic rings. The number of hydrogen-bond donors (Lipinski definition) is 1. The fraction of sp³-hybridized carbons (Fsp3) is 0.417. The van der Waals surface area contributed by atoms with Crippen LogP contribution in [-0.4, -0.2) is 24.3 Å². The number of carboxylic acids is 1. The van der Waals surface area contributed by atoms with E-state index >= 15 is 0 Å². The predicted octanol–water partition coefficient (Wildman–Crippen LogP) is 3.09. The largest absolute Gasteiger partial charge is 0.494 e. The molecule has 0 aromatic heterocycles. The van der Waals surface area contributed by atoms with Crippen LogP contribution in [0.5, 0.6) is 11.5 Å². The maximum atomic E-state index is 10.3. The molecule has 0 spiro atoms. The molecule has 0 amide bonds. The monoisotopic (exact) mass is 302 g/mol. The lowest BCUT2D eigenvalue weighted by atomic mass is 10.3. The van der Waals surface area contributed by atoms with E-state index in [1.165, 1.54) is 0 Å². The fourth-order valence-electron chi connectivity index (χ4n) is 1.26. The Morgan fingerprint density at radius 3 is 2.76 bits per heavy atom. The number of benzene rings is 1. The molecule has 4 nitrogen and oxygen atoms in total. The van der Waals surface area contributed by atoms with Gasteiger partial charge >= 0.3 is 5.97 Å². The summed E-state index contributed by atoms with van der Waals surface area (Å²) in [5.41, 5.74) is 0. The van der Waals surface area contributed by atoms with E-state index in [4.69, 9.17) is 14.6 Å². The topological polar surface area (TPSA) is 55.8 Å². The van der Waals surface area contributed by atoms with E-state index in [0.29, 0.717) is 25.4 Å². The van der Waals surface area contributed by atoms with Crippen molar-refractivity contribution in [3.63, 3.8) is 0 Å². The van der Waals surface area contributed by atoms with Crippen LogP contribution in [0.4, 0.5) is 0 Å². The summed E-state index contributed by atoms with van der Waals surface area (Å²) >= 11 is 3.38. The van der Waals surface area contributed by atoms with Gasteiger partial charge in [0.25, 0.3) is 0 Å². The van der Waals surface area contributed by atoms with Gasteiger partial charge in [-0.2, -0.15) is 0 Å². The Bertz CT molecular complexity index is 379. The Morgan fingerprint density at radius 1 is 1.41 bits per heavy atom. The Balaban J connectivity index is 2.45. The first-order valence-corrected chi connectivity index (χ1v) is 6.19. The molecule has 0 atom stereocenters. The lowest BCUT2D eigenvalue weighted by molar-refractivity contribution is -0.137. The summed E-state index contributed by atoms with van der Waals surface area (Å²) in [6.45, 7) is 2.92. The first-order valence-electron chi connectivity index (χ1n) is 5.40. The fourth-order valence-corrected chi connectivity index (χ4v) is 1.73. The highest BCUT2D eigenvalue weighted by Crippen LogP contribution is 2.29. The lowest BCUT2D eigenvalue weighted by Gasteiger charge is -2.09. The summed E-state index contributed by atoms with van der Waals surface area (Å²) in [5, 5.41) is 8.48. The second kappa shape index (κ2) is 7.17. The molecule has 0 aliphatic heterocycles. The first-order chi connectivity index (χ1) is 8.13. The van der Waals surface area contributed by atoms with E-state index in [2.05, 4.69) is 15.9 Å². The Kier molecular flexibility index (Phi) is 5.83. The van der Waals surface area contributed by atoms with Gasteiger partial charge in [0.1, 0.15) is 11.5 Å². The SMILES string of the molecule is CCOc1ccc(OCCCC(=O)O)c(Br)c1. The van der Waals surface area contributed by atoms with Crippen molar-refractivity contribution in [1.29, 1.82) is 0 Å². The number of halogens is 1. The maximum Gasteiger partial charge on any atom is 0.303 e. The molecule has 0 saturated carbocycles. The van der Waals surface area contributed by atoms with Crippen LogP contribution in [-0.2, 0) is 4.79 Å². The van der Waals surface area contributed by atoms with Crippen molar-refractivity contribution in [2.45, 2.75) is 19.8 Å². The van der Waals surface area contributed by atoms with Gasteiger partial charge in [0.05, 0.1) is 17.7 Å². The van der Waals surface area contributed by atoms with Crippen LogP contribution in [0.2, 0.25) is 0 Å². The zero-order valence-electron chi connectivity index (χ0n) is 9.61. The van der Waals surface area contributed by atoms with Crippen molar-refractivity contribution in [2.75, 3.05) is 13.2 Å². The standard InChI is InChI=1S/C12H15BrO4/c1-2-16-9-5-6-11(10(13)8-9)17-7-3-4-12(14)15/h5-6,8H,2-4,7H2,1H3,(H,14,15). The number of rotatable bonds is 7.